The van der Waals surface area contributed by atoms with Crippen LogP contribution in [0.2, 0.25) is 0 Å². The number of Topliss-reactive ketones (excluding diaryl/α,β-unsaturated/α-hetero) is 1. The molecule has 2 heterocycles. The van der Waals surface area contributed by atoms with Gasteiger partial charge in [0.1, 0.15) is 0 Å². The SMILES string of the molecule is N=Bn1ccc(N2CCC(=O)C2)n1. The molecule has 0 aliphatic carbocycles. The van der Waals surface area contributed by atoms with Gasteiger partial charge in [-0.2, -0.15) is 0 Å². The molecule has 0 aromatic carbocycles. The topological polar surface area (TPSA) is 62.0 Å². The fourth-order valence-electron chi connectivity index (χ4n) is 1.39. The Morgan fingerprint density at radius 2 is 2.46 bits per heavy atom. The average molecular weight is 176 g/mol. The van der Waals surface area contributed by atoms with E-state index in [0.29, 0.717) is 13.0 Å². The predicted octanol–water partition coefficient (Wildman–Crippen LogP) is -0.108. The van der Waals surface area contributed by atoms with Crippen molar-refractivity contribution in [1.29, 1.82) is 5.31 Å². The van der Waals surface area contributed by atoms with Crippen LogP contribution in [-0.2, 0) is 4.79 Å². The van der Waals surface area contributed by atoms with Crippen LogP contribution in [0.15, 0.2) is 12.3 Å². The molecule has 0 saturated carbocycles. The molecule has 0 bridgehead atoms. The molecule has 1 saturated heterocycles. The molecule has 1 aliphatic heterocycles. The quantitative estimate of drug-likeness (QED) is 0.639. The number of hydrogen-bond acceptors (Lipinski definition) is 4. The van der Waals surface area contributed by atoms with E-state index in [1.54, 1.807) is 6.20 Å². The van der Waals surface area contributed by atoms with Gasteiger partial charge in [-0.15, -0.1) is 0 Å². The molecule has 5 nitrogen and oxygen atoms in total. The Balaban J connectivity index is 2.16. The van der Waals surface area contributed by atoms with Crippen molar-refractivity contribution in [1.82, 2.24) is 9.69 Å². The summed E-state index contributed by atoms with van der Waals surface area (Å²) in [5.41, 5.74) is 0. The normalized spacial score (nSPS) is 16.3. The molecule has 2 rings (SSSR count). The van der Waals surface area contributed by atoms with Gasteiger partial charge in [0.15, 0.2) is 0 Å². The number of anilines is 1. The Morgan fingerprint density at radius 1 is 1.62 bits per heavy atom. The van der Waals surface area contributed by atoms with Crippen LogP contribution < -0.4 is 4.90 Å². The number of ketones is 1. The molecular formula is C7H9BN4O. The molecule has 0 atom stereocenters. The summed E-state index contributed by atoms with van der Waals surface area (Å²) in [6, 6.07) is 1.81. The van der Waals surface area contributed by atoms with E-state index in [2.05, 4.69) is 5.10 Å². The molecule has 0 radical (unpaired) electrons. The van der Waals surface area contributed by atoms with Crippen LogP contribution in [0.3, 0.4) is 0 Å². The second-order valence-corrected chi connectivity index (χ2v) is 2.99. The summed E-state index contributed by atoms with van der Waals surface area (Å²) < 4.78 is 1.41. The van der Waals surface area contributed by atoms with E-state index in [9.17, 15) is 4.79 Å². The molecular weight excluding hydrogens is 167 g/mol. The van der Waals surface area contributed by atoms with Gasteiger partial charge >= 0.3 is 75.3 Å². The van der Waals surface area contributed by atoms with E-state index in [-0.39, 0.29) is 5.78 Å². The van der Waals surface area contributed by atoms with E-state index in [4.69, 9.17) is 5.31 Å². The summed E-state index contributed by atoms with van der Waals surface area (Å²) >= 11 is 0. The zero-order valence-electron chi connectivity index (χ0n) is 7.10. The van der Waals surface area contributed by atoms with Gasteiger partial charge in [0, 0.05) is 0 Å². The van der Waals surface area contributed by atoms with E-state index in [1.165, 1.54) is 4.59 Å². The van der Waals surface area contributed by atoms with Crippen molar-refractivity contribution in [2.75, 3.05) is 18.0 Å². The third-order valence-electron chi connectivity index (χ3n) is 2.08. The molecule has 1 N–H and O–H groups in total. The first-order chi connectivity index (χ1) is 6.29. The predicted molar refractivity (Wildman–Crippen MR) is 47.9 cm³/mol. The summed E-state index contributed by atoms with van der Waals surface area (Å²) in [6.07, 6.45) is 2.31. The van der Waals surface area contributed by atoms with Crippen LogP contribution in [0, 0.1) is 5.31 Å². The van der Waals surface area contributed by atoms with Gasteiger partial charge in [-0.1, -0.05) is 0 Å². The van der Waals surface area contributed by atoms with Gasteiger partial charge in [0.25, 0.3) is 0 Å². The Morgan fingerprint density at radius 3 is 3.00 bits per heavy atom. The first-order valence-corrected chi connectivity index (χ1v) is 4.12. The molecule has 66 valence electrons. The first-order valence-electron chi connectivity index (χ1n) is 4.12. The van der Waals surface area contributed by atoms with Crippen LogP contribution in [0.4, 0.5) is 5.82 Å². The number of aromatic nitrogens is 2. The monoisotopic (exact) mass is 176 g/mol. The average Bonchev–Trinajstić information content (AvgIpc) is 2.71. The van der Waals surface area contributed by atoms with Crippen LogP contribution >= 0.6 is 0 Å². The summed E-state index contributed by atoms with van der Waals surface area (Å²) in [6.45, 7) is 1.20. The van der Waals surface area contributed by atoms with Gasteiger partial charge in [-0.3, -0.25) is 0 Å². The molecule has 1 fully saturated rings. The number of hydrogen-bond donors (Lipinski definition) is 1. The zero-order chi connectivity index (χ0) is 9.26. The second-order valence-electron chi connectivity index (χ2n) is 2.99. The van der Waals surface area contributed by atoms with E-state index in [0.717, 1.165) is 19.6 Å². The van der Waals surface area contributed by atoms with Crippen LogP contribution in [-0.4, -0.2) is 35.8 Å². The Kier molecular flexibility index (Phi) is 1.96. The van der Waals surface area contributed by atoms with E-state index in [1.807, 2.05) is 11.0 Å². The number of rotatable bonds is 2. The number of nitrogens with one attached hydrogen (secondary N) is 1. The van der Waals surface area contributed by atoms with Crippen LogP contribution in [0.1, 0.15) is 6.42 Å². The van der Waals surface area contributed by atoms with Crippen molar-refractivity contribution in [2.45, 2.75) is 6.42 Å². The number of carbonyl (C=O) groups is 1. The van der Waals surface area contributed by atoms with Gasteiger partial charge in [0.05, 0.1) is 0 Å². The van der Waals surface area contributed by atoms with Crippen LogP contribution in [0.5, 0.6) is 0 Å². The number of carbonyl (C=O) groups excluding carboxylic acids is 1. The molecule has 1 aromatic rings. The van der Waals surface area contributed by atoms with Gasteiger partial charge in [-0.05, 0) is 0 Å². The van der Waals surface area contributed by atoms with Gasteiger partial charge < -0.3 is 0 Å². The summed E-state index contributed by atoms with van der Waals surface area (Å²) in [5.74, 6) is 1.03. The maximum absolute atomic E-state index is 11.0. The van der Waals surface area contributed by atoms with Gasteiger partial charge in [-0.25, -0.2) is 0 Å². The summed E-state index contributed by atoms with van der Waals surface area (Å²) in [4.78, 5) is 12.9. The Hall–Kier alpha value is -1.46. The van der Waals surface area contributed by atoms with Crippen molar-refractivity contribution in [3.05, 3.63) is 12.3 Å². The molecule has 6 heteroatoms. The van der Waals surface area contributed by atoms with Crippen molar-refractivity contribution in [2.24, 2.45) is 0 Å². The van der Waals surface area contributed by atoms with E-state index >= 15 is 0 Å². The van der Waals surface area contributed by atoms with Crippen molar-refractivity contribution in [3.8, 4) is 0 Å². The fraction of sp³-hybridized carbons (Fsp3) is 0.429. The maximum atomic E-state index is 11.0. The van der Waals surface area contributed by atoms with Gasteiger partial charge in [0.2, 0.25) is 0 Å². The zero-order valence-corrected chi connectivity index (χ0v) is 7.10. The molecule has 0 amide bonds. The van der Waals surface area contributed by atoms with Crippen molar-refractivity contribution >= 4 is 18.8 Å². The minimum absolute atomic E-state index is 0.254. The Bertz CT molecular complexity index is 348. The molecule has 1 aromatic heterocycles. The standard InChI is InChI=1S/C7H9BN4O/c9-8-12-4-2-7(10-12)11-3-1-6(13)5-11/h2,4,9H,1,3,5H2. The third kappa shape index (κ3) is 1.51. The summed E-state index contributed by atoms with van der Waals surface area (Å²) in [7, 11) is 1.13. The van der Waals surface area contributed by atoms with E-state index < -0.39 is 0 Å². The summed E-state index contributed by atoms with van der Waals surface area (Å²) in [5, 5.41) is 11.0. The second kappa shape index (κ2) is 3.12. The molecule has 13 heavy (non-hydrogen) atoms. The minimum atomic E-state index is 0.254. The third-order valence-corrected chi connectivity index (χ3v) is 2.08. The molecule has 1 aliphatic rings. The fourth-order valence-corrected chi connectivity index (χ4v) is 1.39. The molecule has 0 spiro atoms. The first kappa shape index (κ1) is 8.16. The number of nitrogens with zero attached hydrogens (tertiary/aromatic N) is 3. The Labute approximate surface area is 76.1 Å². The van der Waals surface area contributed by atoms with Crippen molar-refractivity contribution < 1.29 is 4.79 Å². The molecule has 0 unspecified atom stereocenters. The van der Waals surface area contributed by atoms with Crippen LogP contribution in [0.25, 0.3) is 0 Å². The van der Waals surface area contributed by atoms with Crippen molar-refractivity contribution in [3.63, 3.8) is 0 Å².